The van der Waals surface area contributed by atoms with Gasteiger partial charge in [0, 0.05) is 37.3 Å². The van der Waals surface area contributed by atoms with Crippen LogP contribution in [0.3, 0.4) is 0 Å². The van der Waals surface area contributed by atoms with E-state index in [4.69, 9.17) is 4.74 Å². The number of amides is 1. The van der Waals surface area contributed by atoms with E-state index in [1.807, 2.05) is 12.1 Å². The van der Waals surface area contributed by atoms with E-state index in [2.05, 4.69) is 27.7 Å². The Morgan fingerprint density at radius 1 is 1.26 bits per heavy atom. The van der Waals surface area contributed by atoms with Crippen LogP contribution in [0, 0.1) is 5.92 Å². The van der Waals surface area contributed by atoms with Crippen molar-refractivity contribution in [2.75, 3.05) is 38.2 Å². The number of carbonyl (C=O) groups is 1. The Kier molecular flexibility index (Phi) is 10.9. The lowest BCUT2D eigenvalue weighted by Crippen LogP contribution is -2.47. The molecule has 1 unspecified atom stereocenters. The minimum atomic E-state index is 0. The zero-order valence-corrected chi connectivity index (χ0v) is 17.7. The summed E-state index contributed by atoms with van der Waals surface area (Å²) < 4.78 is 5.33. The van der Waals surface area contributed by atoms with E-state index in [-0.39, 0.29) is 36.8 Å². The number of halogens is 2. The summed E-state index contributed by atoms with van der Waals surface area (Å²) in [6.07, 6.45) is 6.29. The van der Waals surface area contributed by atoms with Crippen molar-refractivity contribution in [1.82, 2.24) is 10.6 Å². The molecule has 27 heavy (non-hydrogen) atoms. The normalized spacial score (nSPS) is 20.2. The summed E-state index contributed by atoms with van der Waals surface area (Å²) in [6, 6.07) is 8.43. The van der Waals surface area contributed by atoms with E-state index in [1.54, 1.807) is 7.11 Å². The van der Waals surface area contributed by atoms with Gasteiger partial charge in [-0.15, -0.1) is 24.8 Å². The largest absolute Gasteiger partial charge is 0.497 e. The maximum atomic E-state index is 12.3. The molecule has 0 aliphatic carbocycles. The van der Waals surface area contributed by atoms with Crippen molar-refractivity contribution in [2.24, 2.45) is 5.92 Å². The number of hydrogen-bond acceptors (Lipinski definition) is 4. The maximum Gasteiger partial charge on any atom is 0.220 e. The number of nitrogens with one attached hydrogen (secondary N) is 2. The van der Waals surface area contributed by atoms with Crippen molar-refractivity contribution in [3.63, 3.8) is 0 Å². The van der Waals surface area contributed by atoms with Crippen LogP contribution in [0.5, 0.6) is 5.75 Å². The topological polar surface area (TPSA) is 53.6 Å². The highest BCUT2D eigenvalue weighted by Gasteiger charge is 2.22. The first kappa shape index (κ1) is 23.9. The molecule has 1 aromatic rings. The maximum absolute atomic E-state index is 12.3. The van der Waals surface area contributed by atoms with Crippen molar-refractivity contribution in [3.05, 3.63) is 24.3 Å². The van der Waals surface area contributed by atoms with Gasteiger partial charge in [-0.25, -0.2) is 0 Å². The first-order valence-electron chi connectivity index (χ1n) is 9.63. The van der Waals surface area contributed by atoms with Crippen LogP contribution in [-0.4, -0.2) is 45.2 Å². The minimum Gasteiger partial charge on any atom is -0.497 e. The molecule has 3 rings (SSSR count). The summed E-state index contributed by atoms with van der Waals surface area (Å²) in [4.78, 5) is 14.7. The highest BCUT2D eigenvalue weighted by molar-refractivity contribution is 5.85. The number of methoxy groups -OCH3 is 1. The van der Waals surface area contributed by atoms with Gasteiger partial charge in [-0.2, -0.15) is 0 Å². The summed E-state index contributed by atoms with van der Waals surface area (Å²) in [5, 5.41) is 6.64. The second-order valence-corrected chi connectivity index (χ2v) is 7.29. The van der Waals surface area contributed by atoms with Gasteiger partial charge in [-0.1, -0.05) is 6.07 Å². The molecule has 0 bridgehead atoms. The van der Waals surface area contributed by atoms with Gasteiger partial charge in [0.05, 0.1) is 7.11 Å². The monoisotopic (exact) mass is 417 g/mol. The number of hydrogen-bond donors (Lipinski definition) is 2. The SMILES string of the molecule is COc1cccc(N2CCCC(NC(=O)CCC3CCNCC3)C2)c1.Cl.Cl. The van der Waals surface area contributed by atoms with E-state index < -0.39 is 0 Å². The molecular weight excluding hydrogens is 385 g/mol. The van der Waals surface area contributed by atoms with Crippen LogP contribution >= 0.6 is 24.8 Å². The minimum absolute atomic E-state index is 0. The average Bonchev–Trinajstić information content (AvgIpc) is 2.67. The van der Waals surface area contributed by atoms with Gasteiger partial charge in [-0.05, 0) is 63.2 Å². The molecule has 2 fully saturated rings. The van der Waals surface area contributed by atoms with E-state index in [1.165, 1.54) is 18.5 Å². The molecule has 2 saturated heterocycles. The molecule has 1 aromatic carbocycles. The smallest absolute Gasteiger partial charge is 0.220 e. The van der Waals surface area contributed by atoms with Crippen molar-refractivity contribution < 1.29 is 9.53 Å². The summed E-state index contributed by atoms with van der Waals surface area (Å²) in [5.41, 5.74) is 1.17. The Labute approximate surface area is 175 Å². The number of nitrogens with zero attached hydrogens (tertiary/aromatic N) is 1. The molecule has 0 spiro atoms. The summed E-state index contributed by atoms with van der Waals surface area (Å²) in [5.74, 6) is 1.81. The van der Waals surface area contributed by atoms with Gasteiger partial charge in [-0.3, -0.25) is 4.79 Å². The average molecular weight is 418 g/mol. The number of rotatable bonds is 6. The Hall–Kier alpha value is -1.17. The fourth-order valence-corrected chi connectivity index (χ4v) is 3.94. The van der Waals surface area contributed by atoms with Gasteiger partial charge in [0.25, 0.3) is 0 Å². The van der Waals surface area contributed by atoms with Crippen LogP contribution in [0.1, 0.15) is 38.5 Å². The molecule has 2 aliphatic rings. The van der Waals surface area contributed by atoms with Gasteiger partial charge < -0.3 is 20.3 Å². The molecule has 1 amide bonds. The van der Waals surface area contributed by atoms with E-state index >= 15 is 0 Å². The molecule has 2 heterocycles. The lowest BCUT2D eigenvalue weighted by atomic mass is 9.93. The molecule has 0 radical (unpaired) electrons. The van der Waals surface area contributed by atoms with Crippen molar-refractivity contribution in [1.29, 1.82) is 0 Å². The Balaban J connectivity index is 0.00000182. The molecule has 0 saturated carbocycles. The van der Waals surface area contributed by atoms with Crippen LogP contribution in [0.4, 0.5) is 5.69 Å². The van der Waals surface area contributed by atoms with Crippen LogP contribution < -0.4 is 20.3 Å². The quantitative estimate of drug-likeness (QED) is 0.744. The third-order valence-electron chi connectivity index (χ3n) is 5.44. The number of carbonyl (C=O) groups excluding carboxylic acids is 1. The number of benzene rings is 1. The first-order chi connectivity index (χ1) is 12.2. The second-order valence-electron chi connectivity index (χ2n) is 7.29. The first-order valence-corrected chi connectivity index (χ1v) is 9.63. The molecule has 2 aliphatic heterocycles. The van der Waals surface area contributed by atoms with Crippen LogP contribution in [0.25, 0.3) is 0 Å². The van der Waals surface area contributed by atoms with E-state index in [9.17, 15) is 4.79 Å². The Bertz CT molecular complexity index is 568. The molecular formula is C20H33Cl2N3O2. The standard InChI is InChI=1S/C20H31N3O2.2ClH/c1-25-19-6-2-5-18(14-19)23-13-3-4-17(15-23)22-20(24)8-7-16-9-11-21-12-10-16;;/h2,5-6,14,16-17,21H,3-4,7-13,15H2,1H3,(H,22,24);2*1H. The number of anilines is 1. The van der Waals surface area contributed by atoms with Gasteiger partial charge in [0.1, 0.15) is 5.75 Å². The number of ether oxygens (including phenoxy) is 1. The Morgan fingerprint density at radius 2 is 2.04 bits per heavy atom. The van der Waals surface area contributed by atoms with Gasteiger partial charge in [0.15, 0.2) is 0 Å². The molecule has 1 atom stereocenters. The van der Waals surface area contributed by atoms with Crippen molar-refractivity contribution >= 4 is 36.4 Å². The van der Waals surface area contributed by atoms with Crippen LogP contribution in [0.2, 0.25) is 0 Å². The predicted octanol–water partition coefficient (Wildman–Crippen LogP) is 3.40. The van der Waals surface area contributed by atoms with Crippen molar-refractivity contribution in [3.8, 4) is 5.75 Å². The third kappa shape index (κ3) is 7.40. The fourth-order valence-electron chi connectivity index (χ4n) is 3.94. The van der Waals surface area contributed by atoms with E-state index in [0.717, 1.165) is 51.2 Å². The van der Waals surface area contributed by atoms with Gasteiger partial charge in [0.2, 0.25) is 5.91 Å². The molecule has 154 valence electrons. The molecule has 0 aromatic heterocycles. The highest BCUT2D eigenvalue weighted by atomic mass is 35.5. The summed E-state index contributed by atoms with van der Waals surface area (Å²) in [7, 11) is 1.70. The zero-order valence-electron chi connectivity index (χ0n) is 16.1. The zero-order chi connectivity index (χ0) is 17.5. The van der Waals surface area contributed by atoms with E-state index in [0.29, 0.717) is 12.3 Å². The molecule has 2 N–H and O–H groups in total. The fraction of sp³-hybridized carbons (Fsp3) is 0.650. The van der Waals surface area contributed by atoms with Crippen molar-refractivity contribution in [2.45, 2.75) is 44.6 Å². The summed E-state index contributed by atoms with van der Waals surface area (Å²) in [6.45, 7) is 4.12. The van der Waals surface area contributed by atoms with Crippen LogP contribution in [-0.2, 0) is 4.79 Å². The predicted molar refractivity (Wildman–Crippen MR) is 116 cm³/mol. The molecule has 5 nitrogen and oxygen atoms in total. The molecule has 7 heteroatoms. The third-order valence-corrected chi connectivity index (χ3v) is 5.44. The lowest BCUT2D eigenvalue weighted by molar-refractivity contribution is -0.122. The second kappa shape index (κ2) is 12.3. The lowest BCUT2D eigenvalue weighted by Gasteiger charge is -2.35. The highest BCUT2D eigenvalue weighted by Crippen LogP contribution is 2.24. The van der Waals surface area contributed by atoms with Gasteiger partial charge >= 0.3 is 0 Å². The summed E-state index contributed by atoms with van der Waals surface area (Å²) >= 11 is 0. The van der Waals surface area contributed by atoms with Crippen LogP contribution in [0.15, 0.2) is 24.3 Å². The Morgan fingerprint density at radius 3 is 2.78 bits per heavy atom. The number of piperidine rings is 2.